The lowest BCUT2D eigenvalue weighted by Crippen LogP contribution is -2.40. The first-order chi connectivity index (χ1) is 6.77. The molecule has 0 saturated heterocycles. The second-order valence-corrected chi connectivity index (χ2v) is 4.39. The highest BCUT2D eigenvalue weighted by Crippen LogP contribution is 2.23. The van der Waals surface area contributed by atoms with Gasteiger partial charge in [-0.15, -0.1) is 0 Å². The molecule has 0 spiro atoms. The second kappa shape index (κ2) is 6.44. The van der Waals surface area contributed by atoms with Gasteiger partial charge in [0.2, 0.25) is 0 Å². The van der Waals surface area contributed by atoms with E-state index in [0.717, 1.165) is 18.5 Å². The molecule has 0 aromatic rings. The van der Waals surface area contributed by atoms with Crippen molar-refractivity contribution in [1.29, 1.82) is 0 Å². The molecule has 2 atom stereocenters. The van der Waals surface area contributed by atoms with Crippen molar-refractivity contribution in [2.75, 3.05) is 13.2 Å². The highest BCUT2D eigenvalue weighted by Gasteiger charge is 2.23. The van der Waals surface area contributed by atoms with Crippen LogP contribution < -0.4 is 5.32 Å². The van der Waals surface area contributed by atoms with Crippen LogP contribution in [0.2, 0.25) is 0 Å². The summed E-state index contributed by atoms with van der Waals surface area (Å²) in [6.07, 6.45) is 4.87. The number of nitrogens with one attached hydrogen (secondary N) is 1. The topological polar surface area (TPSA) is 32.3 Å². The van der Waals surface area contributed by atoms with E-state index in [1.54, 1.807) is 5.54 Å². The Bertz CT molecular complexity index is 194. The van der Waals surface area contributed by atoms with E-state index in [2.05, 4.69) is 5.32 Å². The van der Waals surface area contributed by atoms with Gasteiger partial charge in [0.05, 0.1) is 0 Å². The molecular formula is C11H20ClNO. The van der Waals surface area contributed by atoms with Crippen LogP contribution in [-0.4, -0.2) is 24.3 Å². The number of halogens is 1. The van der Waals surface area contributed by atoms with Crippen LogP contribution in [-0.2, 0) is 0 Å². The van der Waals surface area contributed by atoms with E-state index in [-0.39, 0.29) is 0 Å². The normalized spacial score (nSPS) is 29.2. The van der Waals surface area contributed by atoms with Gasteiger partial charge in [0, 0.05) is 24.7 Å². The summed E-state index contributed by atoms with van der Waals surface area (Å²) in [6, 6.07) is 0.473. The van der Waals surface area contributed by atoms with Crippen molar-refractivity contribution in [2.45, 2.75) is 38.6 Å². The van der Waals surface area contributed by atoms with Crippen LogP contribution in [0.4, 0.5) is 0 Å². The van der Waals surface area contributed by atoms with Gasteiger partial charge in [-0.05, 0) is 31.3 Å². The van der Waals surface area contributed by atoms with Crippen LogP contribution in [0.5, 0.6) is 0 Å². The Morgan fingerprint density at radius 1 is 1.50 bits per heavy atom. The molecule has 0 radical (unpaired) electrons. The van der Waals surface area contributed by atoms with Gasteiger partial charge in [-0.3, -0.25) is 0 Å². The molecule has 82 valence electrons. The largest absolute Gasteiger partial charge is 0.396 e. The highest BCUT2D eigenvalue weighted by molar-refractivity contribution is 6.25. The Morgan fingerprint density at radius 2 is 2.21 bits per heavy atom. The van der Waals surface area contributed by atoms with E-state index in [9.17, 15) is 5.11 Å². The lowest BCUT2D eigenvalue weighted by molar-refractivity contribution is 0.155. The highest BCUT2D eigenvalue weighted by atomic mass is 35.5. The minimum absolute atomic E-state index is 0.307. The van der Waals surface area contributed by atoms with Gasteiger partial charge in [-0.1, -0.05) is 24.4 Å². The van der Waals surface area contributed by atoms with Crippen LogP contribution in [0.1, 0.15) is 32.6 Å². The molecule has 3 heteroatoms. The fourth-order valence-corrected chi connectivity index (χ4v) is 2.10. The molecule has 0 heterocycles. The summed E-state index contributed by atoms with van der Waals surface area (Å²) >= 11 is 5.59. The molecule has 14 heavy (non-hydrogen) atoms. The Kier molecular flexibility index (Phi) is 5.53. The van der Waals surface area contributed by atoms with Crippen molar-refractivity contribution in [3.05, 3.63) is 11.1 Å². The van der Waals surface area contributed by atoms with Gasteiger partial charge in [0.25, 0.3) is 0 Å². The SMILES string of the molecule is CC(=CCl)CNC1CCCCC1CO. The number of aliphatic hydroxyl groups excluding tert-OH is 1. The Morgan fingerprint density at radius 3 is 2.86 bits per heavy atom. The van der Waals surface area contributed by atoms with Crippen molar-refractivity contribution < 1.29 is 5.11 Å². The number of hydrogen-bond donors (Lipinski definition) is 2. The van der Waals surface area contributed by atoms with Gasteiger partial charge in [0.1, 0.15) is 0 Å². The van der Waals surface area contributed by atoms with Crippen molar-refractivity contribution in [2.24, 2.45) is 5.92 Å². The minimum Gasteiger partial charge on any atom is -0.396 e. The maximum absolute atomic E-state index is 9.20. The van der Waals surface area contributed by atoms with Gasteiger partial charge in [-0.25, -0.2) is 0 Å². The molecule has 0 aliphatic heterocycles. The van der Waals surface area contributed by atoms with Gasteiger partial charge < -0.3 is 10.4 Å². The third-order valence-electron chi connectivity index (χ3n) is 2.97. The average molecular weight is 218 g/mol. The van der Waals surface area contributed by atoms with Crippen molar-refractivity contribution in [3.63, 3.8) is 0 Å². The molecule has 0 aromatic carbocycles. The standard InChI is InChI=1S/C11H20ClNO/c1-9(6-12)7-13-11-5-3-2-4-10(11)8-14/h6,10-11,13-14H,2-5,7-8H2,1H3. The van der Waals surface area contributed by atoms with Crippen molar-refractivity contribution in [1.82, 2.24) is 5.32 Å². The predicted octanol–water partition coefficient (Wildman–Crippen LogP) is 2.27. The smallest absolute Gasteiger partial charge is 0.0474 e. The number of rotatable bonds is 4. The second-order valence-electron chi connectivity index (χ2n) is 4.17. The monoisotopic (exact) mass is 217 g/mol. The number of hydrogen-bond acceptors (Lipinski definition) is 2. The van der Waals surface area contributed by atoms with Gasteiger partial charge in [-0.2, -0.15) is 0 Å². The molecule has 1 fully saturated rings. The zero-order valence-electron chi connectivity index (χ0n) is 8.80. The molecule has 2 N–H and O–H groups in total. The molecule has 1 rings (SSSR count). The number of aliphatic hydroxyl groups is 1. The summed E-state index contributed by atoms with van der Waals surface area (Å²) in [5, 5.41) is 12.7. The van der Waals surface area contributed by atoms with Crippen molar-refractivity contribution >= 4 is 11.6 Å². The van der Waals surface area contributed by atoms with Crippen LogP contribution in [0.3, 0.4) is 0 Å². The Balaban J connectivity index is 2.33. The maximum Gasteiger partial charge on any atom is 0.0474 e. The van der Waals surface area contributed by atoms with E-state index in [0.29, 0.717) is 18.6 Å². The van der Waals surface area contributed by atoms with E-state index in [4.69, 9.17) is 11.6 Å². The van der Waals surface area contributed by atoms with E-state index >= 15 is 0 Å². The van der Waals surface area contributed by atoms with E-state index in [1.807, 2.05) is 6.92 Å². The first-order valence-electron chi connectivity index (χ1n) is 5.38. The molecule has 0 amide bonds. The van der Waals surface area contributed by atoms with Crippen molar-refractivity contribution in [3.8, 4) is 0 Å². The fraction of sp³-hybridized carbons (Fsp3) is 0.818. The maximum atomic E-state index is 9.20. The van der Waals surface area contributed by atoms with Crippen LogP contribution in [0, 0.1) is 5.92 Å². The predicted molar refractivity (Wildman–Crippen MR) is 60.4 cm³/mol. The van der Waals surface area contributed by atoms with Crippen LogP contribution >= 0.6 is 11.6 Å². The summed E-state index contributed by atoms with van der Waals surface area (Å²) in [5.74, 6) is 0.437. The van der Waals surface area contributed by atoms with Crippen LogP contribution in [0.15, 0.2) is 11.1 Å². The molecule has 0 aromatic heterocycles. The zero-order valence-corrected chi connectivity index (χ0v) is 9.56. The van der Waals surface area contributed by atoms with Crippen LogP contribution in [0.25, 0.3) is 0 Å². The molecule has 2 nitrogen and oxygen atoms in total. The van der Waals surface area contributed by atoms with Gasteiger partial charge in [0.15, 0.2) is 0 Å². The zero-order chi connectivity index (χ0) is 10.4. The lowest BCUT2D eigenvalue weighted by atomic mass is 9.85. The molecular weight excluding hydrogens is 198 g/mol. The first kappa shape index (κ1) is 12.0. The summed E-state index contributed by atoms with van der Waals surface area (Å²) in [4.78, 5) is 0. The minimum atomic E-state index is 0.307. The summed E-state index contributed by atoms with van der Waals surface area (Å²) in [6.45, 7) is 3.16. The third kappa shape index (κ3) is 3.60. The molecule has 1 aliphatic carbocycles. The Hall–Kier alpha value is -0.0500. The summed E-state index contributed by atoms with van der Waals surface area (Å²) in [7, 11) is 0. The molecule has 1 saturated carbocycles. The first-order valence-corrected chi connectivity index (χ1v) is 5.81. The van der Waals surface area contributed by atoms with E-state index < -0.39 is 0 Å². The molecule has 2 unspecified atom stereocenters. The average Bonchev–Trinajstić information content (AvgIpc) is 2.26. The summed E-state index contributed by atoms with van der Waals surface area (Å²) < 4.78 is 0. The fourth-order valence-electron chi connectivity index (χ4n) is 2.03. The molecule has 1 aliphatic rings. The van der Waals surface area contributed by atoms with Gasteiger partial charge >= 0.3 is 0 Å². The third-order valence-corrected chi connectivity index (χ3v) is 3.35. The Labute approximate surface area is 91.3 Å². The van der Waals surface area contributed by atoms with E-state index in [1.165, 1.54) is 19.3 Å². The molecule has 0 bridgehead atoms. The summed E-state index contributed by atoms with van der Waals surface area (Å²) in [5.41, 5.74) is 2.76. The lowest BCUT2D eigenvalue weighted by Gasteiger charge is -2.31. The quantitative estimate of drug-likeness (QED) is 0.758.